The van der Waals surface area contributed by atoms with Gasteiger partial charge in [0, 0.05) is 6.54 Å². The third-order valence-electron chi connectivity index (χ3n) is 3.00. The van der Waals surface area contributed by atoms with Crippen LogP contribution in [0.1, 0.15) is 44.0 Å². The van der Waals surface area contributed by atoms with Gasteiger partial charge in [-0.15, -0.1) is 5.10 Å². The number of rotatable bonds is 6. The average Bonchev–Trinajstić information content (AvgIpc) is 2.98. The zero-order chi connectivity index (χ0) is 11.5. The molecule has 4 nitrogen and oxygen atoms in total. The van der Waals surface area contributed by atoms with Crippen molar-refractivity contribution < 1.29 is 0 Å². The molecule has 16 heavy (non-hydrogen) atoms. The summed E-state index contributed by atoms with van der Waals surface area (Å²) in [6.07, 6.45) is 5.97. The summed E-state index contributed by atoms with van der Waals surface area (Å²) >= 11 is 4.99. The van der Waals surface area contributed by atoms with E-state index in [9.17, 15) is 0 Å². The maximum absolute atomic E-state index is 5.64. The Morgan fingerprint density at radius 2 is 2.31 bits per heavy atom. The Bertz CT molecular complexity index is 381. The topological polar surface area (TPSA) is 56.7 Å². The van der Waals surface area contributed by atoms with E-state index in [1.165, 1.54) is 19.3 Å². The summed E-state index contributed by atoms with van der Waals surface area (Å²) in [6.45, 7) is 3.09. The molecule has 5 heteroatoms. The van der Waals surface area contributed by atoms with E-state index in [2.05, 4.69) is 17.2 Å². The van der Waals surface area contributed by atoms with Crippen LogP contribution in [0.15, 0.2) is 0 Å². The molecule has 88 valence electrons. The molecule has 0 atom stereocenters. The summed E-state index contributed by atoms with van der Waals surface area (Å²) in [7, 11) is 0. The number of aromatic nitrogens is 3. The first kappa shape index (κ1) is 11.5. The van der Waals surface area contributed by atoms with E-state index >= 15 is 0 Å². The van der Waals surface area contributed by atoms with Crippen LogP contribution in [0.2, 0.25) is 0 Å². The molecular formula is C11H18N4S. The van der Waals surface area contributed by atoms with Crippen LogP contribution in [0.3, 0.4) is 0 Å². The number of hydrogen-bond acceptors (Lipinski definition) is 3. The lowest BCUT2D eigenvalue weighted by atomic mass is 10.2. The maximum atomic E-state index is 5.64. The Morgan fingerprint density at radius 1 is 1.56 bits per heavy atom. The predicted octanol–water partition coefficient (Wildman–Crippen LogP) is 1.66. The average molecular weight is 238 g/mol. The van der Waals surface area contributed by atoms with Crippen molar-refractivity contribution in [2.75, 3.05) is 0 Å². The molecule has 0 aliphatic heterocycles. The highest BCUT2D eigenvalue weighted by Crippen LogP contribution is 2.32. The Kier molecular flexibility index (Phi) is 3.53. The van der Waals surface area contributed by atoms with Gasteiger partial charge in [0.1, 0.15) is 10.7 Å². The van der Waals surface area contributed by atoms with E-state index in [0.717, 1.165) is 31.0 Å². The van der Waals surface area contributed by atoms with E-state index in [-0.39, 0.29) is 0 Å². The summed E-state index contributed by atoms with van der Waals surface area (Å²) in [6, 6.07) is 0. The van der Waals surface area contributed by atoms with Gasteiger partial charge < -0.3 is 5.73 Å². The highest BCUT2D eigenvalue weighted by atomic mass is 32.1. The third kappa shape index (κ3) is 2.58. The van der Waals surface area contributed by atoms with Gasteiger partial charge >= 0.3 is 0 Å². The molecule has 2 N–H and O–H groups in total. The van der Waals surface area contributed by atoms with Crippen LogP contribution in [0.4, 0.5) is 0 Å². The van der Waals surface area contributed by atoms with E-state index < -0.39 is 0 Å². The summed E-state index contributed by atoms with van der Waals surface area (Å²) in [5.41, 5.74) is 7.46. The fourth-order valence-corrected chi connectivity index (χ4v) is 2.06. The van der Waals surface area contributed by atoms with Crippen LogP contribution in [0.5, 0.6) is 0 Å². The molecular weight excluding hydrogens is 220 g/mol. The third-order valence-corrected chi connectivity index (χ3v) is 3.20. The molecule has 1 heterocycles. The number of thiocarbonyl (C=S) groups is 1. The van der Waals surface area contributed by atoms with Crippen molar-refractivity contribution in [1.82, 2.24) is 15.0 Å². The zero-order valence-electron chi connectivity index (χ0n) is 9.65. The van der Waals surface area contributed by atoms with Crippen molar-refractivity contribution >= 4 is 17.2 Å². The number of nitrogens with two attached hydrogens (primary N) is 1. The summed E-state index contributed by atoms with van der Waals surface area (Å²) in [4.78, 5) is 0.362. The molecule has 0 aromatic carbocycles. The Hall–Kier alpha value is -0.970. The predicted molar refractivity (Wildman–Crippen MR) is 67.2 cm³/mol. The smallest absolute Gasteiger partial charge is 0.143 e. The molecule has 0 saturated heterocycles. The van der Waals surface area contributed by atoms with Gasteiger partial charge in [-0.05, 0) is 18.8 Å². The van der Waals surface area contributed by atoms with Crippen LogP contribution in [-0.4, -0.2) is 20.0 Å². The van der Waals surface area contributed by atoms with E-state index in [1.807, 2.05) is 4.68 Å². The normalized spacial score (nSPS) is 15.3. The van der Waals surface area contributed by atoms with E-state index in [1.54, 1.807) is 0 Å². The standard InChI is InChI=1S/C11H18N4S/c1-2-3-9-10(11(12)16)13-14-15(9)7-6-8-4-5-8/h8H,2-7H2,1H3,(H2,12,16). The summed E-state index contributed by atoms with van der Waals surface area (Å²) < 4.78 is 1.98. The lowest BCUT2D eigenvalue weighted by Gasteiger charge is -2.05. The quantitative estimate of drug-likeness (QED) is 0.766. The summed E-state index contributed by atoms with van der Waals surface area (Å²) in [5, 5.41) is 8.23. The zero-order valence-corrected chi connectivity index (χ0v) is 10.5. The molecule has 0 spiro atoms. The second-order valence-corrected chi connectivity index (χ2v) is 4.89. The van der Waals surface area contributed by atoms with Crippen molar-refractivity contribution in [3.05, 3.63) is 11.4 Å². The van der Waals surface area contributed by atoms with Gasteiger partial charge in [-0.1, -0.05) is 43.6 Å². The minimum atomic E-state index is 0.362. The SMILES string of the molecule is CCCc1c(C(N)=S)nnn1CCC1CC1. The van der Waals surface area contributed by atoms with Crippen molar-refractivity contribution in [1.29, 1.82) is 0 Å². The van der Waals surface area contributed by atoms with E-state index in [4.69, 9.17) is 18.0 Å². The second kappa shape index (κ2) is 4.91. The molecule has 1 aromatic rings. The highest BCUT2D eigenvalue weighted by Gasteiger charge is 2.22. The molecule has 0 amide bonds. The maximum Gasteiger partial charge on any atom is 0.143 e. The van der Waals surface area contributed by atoms with Crippen molar-refractivity contribution in [3.63, 3.8) is 0 Å². The van der Waals surface area contributed by atoms with Gasteiger partial charge in [0.05, 0.1) is 5.69 Å². The summed E-state index contributed by atoms with van der Waals surface area (Å²) in [5.74, 6) is 0.909. The van der Waals surface area contributed by atoms with Gasteiger partial charge in [-0.3, -0.25) is 0 Å². The number of hydrogen-bond donors (Lipinski definition) is 1. The number of nitrogens with zero attached hydrogens (tertiary/aromatic N) is 3. The Morgan fingerprint density at radius 3 is 2.88 bits per heavy atom. The molecule has 2 rings (SSSR count). The van der Waals surface area contributed by atoms with Crippen LogP contribution in [-0.2, 0) is 13.0 Å². The minimum absolute atomic E-state index is 0.362. The minimum Gasteiger partial charge on any atom is -0.388 e. The highest BCUT2D eigenvalue weighted by molar-refractivity contribution is 7.80. The van der Waals surface area contributed by atoms with Crippen molar-refractivity contribution in [3.8, 4) is 0 Å². The first-order valence-electron chi connectivity index (χ1n) is 5.94. The van der Waals surface area contributed by atoms with Gasteiger partial charge in [-0.2, -0.15) is 0 Å². The van der Waals surface area contributed by atoms with E-state index in [0.29, 0.717) is 10.7 Å². The molecule has 1 aliphatic rings. The molecule has 0 bridgehead atoms. The largest absolute Gasteiger partial charge is 0.388 e. The first-order chi connectivity index (χ1) is 7.72. The molecule has 1 fully saturated rings. The molecule has 1 aromatic heterocycles. The Labute approximate surface area is 101 Å². The second-order valence-electron chi connectivity index (χ2n) is 4.45. The first-order valence-corrected chi connectivity index (χ1v) is 6.35. The van der Waals surface area contributed by atoms with Gasteiger partial charge in [0.2, 0.25) is 0 Å². The van der Waals surface area contributed by atoms with Crippen LogP contribution in [0, 0.1) is 5.92 Å². The lowest BCUT2D eigenvalue weighted by Crippen LogP contribution is -2.14. The lowest BCUT2D eigenvalue weighted by molar-refractivity contribution is 0.512. The number of aryl methyl sites for hydroxylation is 1. The van der Waals surface area contributed by atoms with Crippen molar-refractivity contribution in [2.45, 2.75) is 45.6 Å². The van der Waals surface area contributed by atoms with Crippen molar-refractivity contribution in [2.24, 2.45) is 11.7 Å². The van der Waals surface area contributed by atoms with Crippen LogP contribution < -0.4 is 5.73 Å². The molecule has 0 radical (unpaired) electrons. The van der Waals surface area contributed by atoms with Crippen LogP contribution in [0.25, 0.3) is 0 Å². The van der Waals surface area contributed by atoms with Gasteiger partial charge in [0.15, 0.2) is 0 Å². The van der Waals surface area contributed by atoms with Crippen LogP contribution >= 0.6 is 12.2 Å². The van der Waals surface area contributed by atoms with Gasteiger partial charge in [0.25, 0.3) is 0 Å². The fraction of sp³-hybridized carbons (Fsp3) is 0.727. The fourth-order valence-electron chi connectivity index (χ4n) is 1.90. The molecule has 1 saturated carbocycles. The van der Waals surface area contributed by atoms with Gasteiger partial charge in [-0.25, -0.2) is 4.68 Å². The Balaban J connectivity index is 2.11. The monoisotopic (exact) mass is 238 g/mol. The molecule has 0 unspecified atom stereocenters. The molecule has 1 aliphatic carbocycles.